The first-order valence-electron chi connectivity index (χ1n) is 7.89. The van der Waals surface area contributed by atoms with Gasteiger partial charge in [0, 0.05) is 19.6 Å². The third-order valence-electron chi connectivity index (χ3n) is 4.29. The van der Waals surface area contributed by atoms with Crippen LogP contribution in [-0.4, -0.2) is 47.2 Å². The summed E-state index contributed by atoms with van der Waals surface area (Å²) in [6.07, 6.45) is 2.18. The van der Waals surface area contributed by atoms with Crippen LogP contribution in [-0.2, 0) is 19.7 Å². The lowest BCUT2D eigenvalue weighted by Crippen LogP contribution is -2.30. The summed E-state index contributed by atoms with van der Waals surface area (Å²) in [5.74, 6) is -0.440. The Balaban J connectivity index is 2.34. The maximum Gasteiger partial charge on any atom is 0.255 e. The highest BCUT2D eigenvalue weighted by Gasteiger charge is 2.23. The lowest BCUT2D eigenvalue weighted by molar-refractivity contribution is 0.0742. The first-order valence-corrected chi connectivity index (χ1v) is 12.0. The van der Waals surface area contributed by atoms with E-state index in [9.17, 15) is 21.6 Å². The lowest BCUT2D eigenvalue weighted by atomic mass is 10.1. The molecule has 0 saturated carbocycles. The predicted molar refractivity (Wildman–Crippen MR) is 105 cm³/mol. The van der Waals surface area contributed by atoms with Crippen LogP contribution in [0.5, 0.6) is 0 Å². The van der Waals surface area contributed by atoms with Crippen LogP contribution in [0, 0.1) is 0 Å². The molecule has 6 nitrogen and oxygen atoms in total. The highest BCUT2D eigenvalue weighted by atomic mass is 35.5. The minimum Gasteiger partial charge on any atom is -0.335 e. The Morgan fingerprint density at radius 3 is 1.89 bits per heavy atom. The molecular formula is C18H20ClNO5S2. The molecule has 0 spiro atoms. The summed E-state index contributed by atoms with van der Waals surface area (Å²) in [6.45, 7) is 1.78. The van der Waals surface area contributed by atoms with Crippen LogP contribution in [0.2, 0.25) is 5.02 Å². The average Bonchev–Trinajstić information content (AvgIpc) is 2.58. The fourth-order valence-electron chi connectivity index (χ4n) is 2.48. The predicted octanol–water partition coefficient (Wildman–Crippen LogP) is 2.98. The number of nitrogens with zero attached hydrogens (tertiary/aromatic N) is 1. The molecule has 0 aliphatic rings. The van der Waals surface area contributed by atoms with Crippen molar-refractivity contribution in [1.82, 2.24) is 4.90 Å². The van der Waals surface area contributed by atoms with Crippen molar-refractivity contribution in [3.63, 3.8) is 0 Å². The Hall–Kier alpha value is -1.90. The Labute approximate surface area is 164 Å². The second kappa shape index (κ2) is 7.61. The molecule has 0 fully saturated rings. The van der Waals surface area contributed by atoms with Crippen molar-refractivity contribution >= 4 is 37.2 Å². The molecule has 2 rings (SSSR count). The molecule has 2 aromatic rings. The molecular weight excluding hydrogens is 410 g/mol. The summed E-state index contributed by atoms with van der Waals surface area (Å²) in [6, 6.07) is 9.85. The van der Waals surface area contributed by atoms with Crippen molar-refractivity contribution in [2.24, 2.45) is 0 Å². The van der Waals surface area contributed by atoms with Crippen molar-refractivity contribution in [3.8, 4) is 0 Å². The first-order chi connectivity index (χ1) is 12.3. The number of hydrogen-bond donors (Lipinski definition) is 0. The van der Waals surface area contributed by atoms with Gasteiger partial charge in [0.25, 0.3) is 5.91 Å². The highest BCUT2D eigenvalue weighted by Crippen LogP contribution is 2.26. The highest BCUT2D eigenvalue weighted by molar-refractivity contribution is 7.91. The van der Waals surface area contributed by atoms with Crippen LogP contribution in [0.3, 0.4) is 0 Å². The van der Waals surface area contributed by atoms with E-state index in [1.165, 1.54) is 35.2 Å². The van der Waals surface area contributed by atoms with Gasteiger partial charge in [-0.1, -0.05) is 23.7 Å². The van der Waals surface area contributed by atoms with E-state index in [-0.39, 0.29) is 26.4 Å². The number of halogens is 1. The van der Waals surface area contributed by atoms with Crippen LogP contribution < -0.4 is 0 Å². The SMILES string of the molecule is CC(c1ccc(S(C)(=O)=O)cc1)N(C)C(=O)c1cc(S(C)(=O)=O)ccc1Cl. The van der Waals surface area contributed by atoms with Crippen molar-refractivity contribution in [3.05, 3.63) is 58.6 Å². The molecule has 0 aliphatic heterocycles. The van der Waals surface area contributed by atoms with Gasteiger partial charge in [-0.25, -0.2) is 16.8 Å². The fourth-order valence-corrected chi connectivity index (χ4v) is 3.96. The van der Waals surface area contributed by atoms with Gasteiger partial charge in [-0.05, 0) is 42.8 Å². The molecule has 0 radical (unpaired) electrons. The van der Waals surface area contributed by atoms with Crippen LogP contribution in [0.25, 0.3) is 0 Å². The molecule has 0 bridgehead atoms. The zero-order valence-corrected chi connectivity index (χ0v) is 17.7. The van der Waals surface area contributed by atoms with E-state index in [0.29, 0.717) is 0 Å². The number of amides is 1. The summed E-state index contributed by atoms with van der Waals surface area (Å²) in [5.41, 5.74) is 0.815. The summed E-state index contributed by atoms with van der Waals surface area (Å²) < 4.78 is 46.6. The van der Waals surface area contributed by atoms with Crippen LogP contribution in [0.1, 0.15) is 28.9 Å². The molecule has 146 valence electrons. The molecule has 9 heteroatoms. The number of carbonyl (C=O) groups excluding carboxylic acids is 1. The molecule has 0 heterocycles. The quantitative estimate of drug-likeness (QED) is 0.728. The van der Waals surface area contributed by atoms with Gasteiger partial charge in [0.2, 0.25) is 0 Å². The molecule has 0 saturated heterocycles. The van der Waals surface area contributed by atoms with Crippen molar-refractivity contribution in [2.75, 3.05) is 19.6 Å². The van der Waals surface area contributed by atoms with E-state index in [0.717, 1.165) is 18.1 Å². The Morgan fingerprint density at radius 2 is 1.41 bits per heavy atom. The van der Waals surface area contributed by atoms with Gasteiger partial charge in [-0.15, -0.1) is 0 Å². The largest absolute Gasteiger partial charge is 0.335 e. The first kappa shape index (κ1) is 21.4. The van der Waals surface area contributed by atoms with Gasteiger partial charge >= 0.3 is 0 Å². The van der Waals surface area contributed by atoms with E-state index >= 15 is 0 Å². The summed E-state index contributed by atoms with van der Waals surface area (Å²) in [5, 5.41) is 0.152. The average molecular weight is 430 g/mol. The Morgan fingerprint density at radius 1 is 0.926 bits per heavy atom. The van der Waals surface area contributed by atoms with Crippen molar-refractivity contribution < 1.29 is 21.6 Å². The maximum atomic E-state index is 12.8. The second-order valence-electron chi connectivity index (χ2n) is 6.35. The summed E-state index contributed by atoms with van der Waals surface area (Å²) in [7, 11) is -5.21. The van der Waals surface area contributed by atoms with Gasteiger partial charge in [0.1, 0.15) is 0 Å². The summed E-state index contributed by atoms with van der Waals surface area (Å²) >= 11 is 6.10. The van der Waals surface area contributed by atoms with E-state index in [1.54, 1.807) is 26.1 Å². The van der Waals surface area contributed by atoms with E-state index in [2.05, 4.69) is 0 Å². The Bertz CT molecular complexity index is 1080. The van der Waals surface area contributed by atoms with Crippen LogP contribution in [0.4, 0.5) is 0 Å². The number of sulfone groups is 2. The number of rotatable bonds is 5. The lowest BCUT2D eigenvalue weighted by Gasteiger charge is -2.26. The standard InChI is InChI=1S/C18H20ClNO5S2/c1-12(13-5-7-14(8-6-13)26(3,22)23)20(2)18(21)16-11-15(27(4,24)25)9-10-17(16)19/h5-12H,1-4H3. The monoisotopic (exact) mass is 429 g/mol. The zero-order valence-electron chi connectivity index (χ0n) is 15.3. The summed E-state index contributed by atoms with van der Waals surface area (Å²) in [4.78, 5) is 14.5. The van der Waals surface area contributed by atoms with E-state index in [1.807, 2.05) is 0 Å². The molecule has 1 atom stereocenters. The van der Waals surface area contributed by atoms with Gasteiger partial charge in [-0.3, -0.25) is 4.79 Å². The molecule has 1 amide bonds. The second-order valence-corrected chi connectivity index (χ2v) is 10.8. The minimum atomic E-state index is -3.48. The van der Waals surface area contributed by atoms with Crippen LogP contribution in [0.15, 0.2) is 52.3 Å². The van der Waals surface area contributed by atoms with Gasteiger partial charge < -0.3 is 4.90 Å². The fraction of sp³-hybridized carbons (Fsp3) is 0.278. The smallest absolute Gasteiger partial charge is 0.255 e. The number of carbonyl (C=O) groups is 1. The van der Waals surface area contributed by atoms with Crippen molar-refractivity contribution in [2.45, 2.75) is 22.8 Å². The molecule has 1 unspecified atom stereocenters. The molecule has 2 aromatic carbocycles. The van der Waals surface area contributed by atoms with Gasteiger partial charge in [0.15, 0.2) is 19.7 Å². The van der Waals surface area contributed by atoms with Crippen molar-refractivity contribution in [1.29, 1.82) is 0 Å². The third kappa shape index (κ3) is 4.88. The molecule has 0 aliphatic carbocycles. The van der Waals surface area contributed by atoms with E-state index < -0.39 is 25.6 Å². The molecule has 0 N–H and O–H groups in total. The van der Waals surface area contributed by atoms with Crippen LogP contribution >= 0.6 is 11.6 Å². The van der Waals surface area contributed by atoms with E-state index in [4.69, 9.17) is 11.6 Å². The maximum absolute atomic E-state index is 12.8. The topological polar surface area (TPSA) is 88.6 Å². The Kier molecular flexibility index (Phi) is 6.03. The van der Waals surface area contributed by atoms with Gasteiger partial charge in [-0.2, -0.15) is 0 Å². The van der Waals surface area contributed by atoms with Gasteiger partial charge in [0.05, 0.1) is 26.4 Å². The zero-order chi connectivity index (χ0) is 20.6. The number of benzene rings is 2. The number of hydrogen-bond acceptors (Lipinski definition) is 5. The molecule has 27 heavy (non-hydrogen) atoms. The molecule has 0 aromatic heterocycles. The minimum absolute atomic E-state index is 0.00816. The third-order valence-corrected chi connectivity index (χ3v) is 6.86. The normalized spacial score (nSPS) is 13.2.